The van der Waals surface area contributed by atoms with E-state index in [-0.39, 0.29) is 31.4 Å². The van der Waals surface area contributed by atoms with Crippen LogP contribution in [0.2, 0.25) is 0 Å². The normalized spacial score (nSPS) is 14.6. The summed E-state index contributed by atoms with van der Waals surface area (Å²) in [6.45, 7) is 15.5. The highest BCUT2D eigenvalue weighted by Crippen LogP contribution is 2.40. The Kier molecular flexibility index (Phi) is 24.3. The lowest BCUT2D eigenvalue weighted by molar-refractivity contribution is 0.0188. The number of ether oxygens (including phenoxy) is 4. The van der Waals surface area contributed by atoms with Crippen molar-refractivity contribution in [3.63, 3.8) is 0 Å². The number of piperidine rings is 2. The summed E-state index contributed by atoms with van der Waals surface area (Å²) in [6.07, 6.45) is 2.72. The average Bonchev–Trinajstić information content (AvgIpc) is 1.94. The summed E-state index contributed by atoms with van der Waals surface area (Å²) < 4.78 is 24.2. The highest BCUT2D eigenvalue weighted by Gasteiger charge is 2.33. The Hall–Kier alpha value is -9.02. The van der Waals surface area contributed by atoms with Crippen molar-refractivity contribution >= 4 is 33.9 Å². The molecule has 2 aromatic heterocycles. The van der Waals surface area contributed by atoms with Gasteiger partial charge in [0, 0.05) is 62.2 Å². The molecular weight excluding hydrogens is 1160 g/mol. The minimum atomic E-state index is -0.580. The average molecular weight is 1250 g/mol. The van der Waals surface area contributed by atoms with E-state index in [1.54, 1.807) is 9.80 Å². The van der Waals surface area contributed by atoms with Crippen LogP contribution in [0, 0.1) is 22.7 Å². The van der Waals surface area contributed by atoms with Crippen LogP contribution in [0.25, 0.3) is 22.5 Å². The van der Waals surface area contributed by atoms with Crippen LogP contribution in [0.3, 0.4) is 0 Å². The van der Waals surface area contributed by atoms with Crippen LogP contribution in [-0.2, 0) is 35.8 Å². The molecule has 0 saturated carbocycles. The molecule has 2 saturated heterocycles. The number of benzene rings is 6. The highest BCUT2D eigenvalue weighted by molar-refractivity contribution is 9.10. The van der Waals surface area contributed by atoms with Crippen LogP contribution in [0.15, 0.2) is 187 Å². The summed E-state index contributed by atoms with van der Waals surface area (Å²) in [7, 11) is 0. The lowest BCUT2D eigenvalue weighted by Gasteiger charge is -2.35. The molecule has 2 aliphatic rings. The van der Waals surface area contributed by atoms with Gasteiger partial charge in [0.1, 0.15) is 58.5 Å². The molecule has 10 rings (SSSR count). The predicted molar refractivity (Wildman–Crippen MR) is 352 cm³/mol. The number of likely N-dealkylation sites (tertiary alicyclic amines) is 2. The van der Waals surface area contributed by atoms with E-state index in [9.17, 15) is 20.1 Å². The number of nitrogens with one attached hydrogen (secondary N) is 1. The number of para-hydroxylation sites is 2. The summed E-state index contributed by atoms with van der Waals surface area (Å²) in [5.74, 6) is 1.90. The van der Waals surface area contributed by atoms with Gasteiger partial charge in [-0.25, -0.2) is 19.6 Å². The summed E-state index contributed by atoms with van der Waals surface area (Å²) in [5, 5.41) is 23.8. The molecule has 14 nitrogen and oxygen atoms in total. The van der Waals surface area contributed by atoms with Crippen LogP contribution in [0.4, 0.5) is 15.4 Å². The van der Waals surface area contributed by atoms with Crippen molar-refractivity contribution in [2.75, 3.05) is 31.5 Å². The largest absolute Gasteiger partial charge is 0.488 e. The molecule has 2 atom stereocenters. The van der Waals surface area contributed by atoms with Crippen LogP contribution >= 0.6 is 15.9 Å². The number of nitriles is 2. The molecule has 88 heavy (non-hydrogen) atoms. The molecule has 4 heterocycles. The molecule has 2 aliphatic heterocycles. The number of rotatable bonds is 14. The van der Waals surface area contributed by atoms with E-state index in [0.29, 0.717) is 91.2 Å². The zero-order valence-corrected chi connectivity index (χ0v) is 52.1. The van der Waals surface area contributed by atoms with Crippen LogP contribution in [-0.4, -0.2) is 69.3 Å². The van der Waals surface area contributed by atoms with E-state index < -0.39 is 11.2 Å². The molecular formula is C73H81BrN8O6. The molecule has 2 fully saturated rings. The number of nitrogens with two attached hydrogens (primary N) is 1. The topological polar surface area (TPSA) is 189 Å². The fourth-order valence-electron chi connectivity index (χ4n) is 10.3. The number of amides is 2. The zero-order valence-electron chi connectivity index (χ0n) is 50.5. The van der Waals surface area contributed by atoms with E-state index in [1.165, 1.54) is 5.56 Å². The van der Waals surface area contributed by atoms with Crippen molar-refractivity contribution in [3.05, 3.63) is 231 Å². The molecule has 8 aromatic rings. The van der Waals surface area contributed by atoms with Gasteiger partial charge in [-0.05, 0) is 153 Å². The number of nitrogens with zero attached hydrogens (tertiary/aromatic N) is 6. The van der Waals surface area contributed by atoms with Gasteiger partial charge in [-0.2, -0.15) is 10.5 Å². The number of anilines is 1. The third-order valence-corrected chi connectivity index (χ3v) is 15.1. The number of carbonyl (C=O) groups is 2. The van der Waals surface area contributed by atoms with Gasteiger partial charge in [-0.3, -0.25) is 0 Å². The maximum absolute atomic E-state index is 13.0. The Morgan fingerprint density at radius 3 is 1.36 bits per heavy atom. The molecule has 2 unspecified atom stereocenters. The van der Waals surface area contributed by atoms with Crippen molar-refractivity contribution in [2.24, 2.45) is 5.73 Å². The van der Waals surface area contributed by atoms with Gasteiger partial charge in [0.2, 0.25) is 0 Å². The number of hydrogen-bond donors (Lipinski definition) is 2. The lowest BCUT2D eigenvalue weighted by Crippen LogP contribution is -2.42. The third kappa shape index (κ3) is 19.2. The first-order chi connectivity index (χ1) is 42.0. The molecule has 3 N–H and O–H groups in total. The van der Waals surface area contributed by atoms with Gasteiger partial charge < -0.3 is 39.8 Å². The molecule has 2 amide bonds. The first-order valence-electron chi connectivity index (χ1n) is 29.5. The Labute approximate surface area is 528 Å². The van der Waals surface area contributed by atoms with E-state index >= 15 is 0 Å². The van der Waals surface area contributed by atoms with Gasteiger partial charge in [0.15, 0.2) is 0 Å². The molecule has 15 heteroatoms. The second kappa shape index (κ2) is 32.1. The van der Waals surface area contributed by atoms with E-state index in [2.05, 4.69) is 33.4 Å². The number of hydrogen-bond acceptors (Lipinski definition) is 12. The quantitative estimate of drug-likeness (QED) is 0.0982. The first kappa shape index (κ1) is 66.5. The Morgan fingerprint density at radius 2 is 0.955 bits per heavy atom. The second-order valence-corrected chi connectivity index (χ2v) is 24.2. The Bertz CT molecular complexity index is 3620. The van der Waals surface area contributed by atoms with E-state index in [0.717, 1.165) is 70.4 Å². The Balaban J connectivity index is 0.000000223. The highest BCUT2D eigenvalue weighted by atomic mass is 79.9. The fraction of sp³-hybridized carbons (Fsp3) is 0.315. The summed E-state index contributed by atoms with van der Waals surface area (Å²) >= 11 is 3.53. The number of aromatic nitrogens is 2. The van der Waals surface area contributed by atoms with Crippen molar-refractivity contribution < 1.29 is 28.5 Å². The number of pyridine rings is 2. The van der Waals surface area contributed by atoms with Crippen LogP contribution in [0.5, 0.6) is 11.5 Å². The minimum absolute atomic E-state index is 0. The SMILES string of the molecule is C.CC(C)(C)OC(=O)N1CCCC(c2cc(-c3ccccc3OCc3ccccc3)nc(Br)c2C#N)C1.CC(C)(C)OC(=O)N1CCCC(c2cc(-c3ccccc3OCc3ccccc3)nc(NCc3ccccc3)c2C#N)C1.NCc1ccccc1. The van der Waals surface area contributed by atoms with Gasteiger partial charge in [-0.1, -0.05) is 153 Å². The van der Waals surface area contributed by atoms with Crippen LogP contribution in [0.1, 0.15) is 131 Å². The predicted octanol–water partition coefficient (Wildman–Crippen LogP) is 16.8. The molecule has 0 spiro atoms. The lowest BCUT2D eigenvalue weighted by atomic mass is 9.87. The maximum Gasteiger partial charge on any atom is 0.410 e. The van der Waals surface area contributed by atoms with Crippen molar-refractivity contribution in [2.45, 2.75) is 124 Å². The fourth-order valence-corrected chi connectivity index (χ4v) is 10.8. The van der Waals surface area contributed by atoms with Crippen molar-refractivity contribution in [1.82, 2.24) is 19.8 Å². The maximum atomic E-state index is 13.0. The van der Waals surface area contributed by atoms with Gasteiger partial charge in [0.05, 0.1) is 22.5 Å². The monoisotopic (exact) mass is 1240 g/mol. The van der Waals surface area contributed by atoms with Gasteiger partial charge in [-0.15, -0.1) is 0 Å². The molecule has 0 radical (unpaired) electrons. The molecule has 0 aliphatic carbocycles. The zero-order chi connectivity index (χ0) is 61.8. The van der Waals surface area contributed by atoms with Crippen molar-refractivity contribution in [1.29, 1.82) is 10.5 Å². The van der Waals surface area contributed by atoms with Gasteiger partial charge in [0.25, 0.3) is 0 Å². The van der Waals surface area contributed by atoms with Crippen LogP contribution < -0.4 is 20.5 Å². The molecule has 6 aromatic carbocycles. The second-order valence-electron chi connectivity index (χ2n) is 23.4. The van der Waals surface area contributed by atoms with E-state index in [4.69, 9.17) is 34.6 Å². The Morgan fingerprint density at radius 1 is 0.568 bits per heavy atom. The summed E-state index contributed by atoms with van der Waals surface area (Å²) in [5.41, 5.74) is 14.5. The number of carbonyl (C=O) groups excluding carboxylic acids is 2. The summed E-state index contributed by atoms with van der Waals surface area (Å²) in [4.78, 5) is 38.9. The van der Waals surface area contributed by atoms with E-state index in [1.807, 2.05) is 224 Å². The molecule has 456 valence electrons. The minimum Gasteiger partial charge on any atom is -0.488 e. The third-order valence-electron chi connectivity index (χ3n) is 14.5. The van der Waals surface area contributed by atoms with Crippen molar-refractivity contribution in [3.8, 4) is 46.2 Å². The molecule has 0 bridgehead atoms. The van der Waals surface area contributed by atoms with Gasteiger partial charge >= 0.3 is 12.2 Å². The standard InChI is InChI=1S/C36H38N4O3.C29H30BrN3O3.C7H9N.CH4/c1-36(2,3)43-35(41)40-20-12-17-28(24-40)30-21-32(39-34(31(30)22-37)38-23-26-13-6-4-7-14-26)29-18-10-11-19-33(29)42-25-27-15-8-5-9-16-27;1-29(2,3)36-28(34)33-15-9-12-21(18-33)23-16-25(32-27(30)24(23)17-31)22-13-7-8-14-26(22)35-19-20-10-5-4-6-11-20;8-6-7-4-2-1-3-5-7;/h4-11,13-16,18-19,21,28H,12,17,20,23-25H2,1-3H3,(H,38,39);4-8,10-11,13-14,16,21H,9,12,15,18-19H2,1-3H3;1-5H,6,8H2;1H4. The smallest absolute Gasteiger partial charge is 0.410 e. The first-order valence-corrected chi connectivity index (χ1v) is 30.3. The summed E-state index contributed by atoms with van der Waals surface area (Å²) in [6, 6.07) is 64.4. The number of halogens is 1.